The normalized spacial score (nSPS) is 21.8. The Hall–Kier alpha value is -1.99. The third-order valence-electron chi connectivity index (χ3n) is 5.75. The number of amides is 1. The van der Waals surface area contributed by atoms with Gasteiger partial charge in [0.15, 0.2) is 6.54 Å². The Morgan fingerprint density at radius 3 is 2.68 bits per heavy atom. The Labute approximate surface area is 170 Å². The predicted molar refractivity (Wildman–Crippen MR) is 111 cm³/mol. The molecule has 0 unspecified atom stereocenters. The molecule has 28 heavy (non-hydrogen) atoms. The van der Waals surface area contributed by atoms with E-state index in [1.165, 1.54) is 21.7 Å². The van der Waals surface area contributed by atoms with Gasteiger partial charge < -0.3 is 15.0 Å². The fraction of sp³-hybridized carbons (Fsp3) is 0.571. The molecule has 1 aliphatic heterocycles. The smallest absolute Gasteiger partial charge is 0.328 e. The van der Waals surface area contributed by atoms with Gasteiger partial charge in [0, 0.05) is 18.8 Å². The minimum atomic E-state index is -0.567. The molecule has 2 heterocycles. The zero-order chi connectivity index (χ0) is 20.1. The molecule has 7 heteroatoms. The molecular weight excluding hydrogens is 374 g/mol. The standard InChI is InChI=1S/C21H29N3O3S/c1-4-14(2)19(21(26)27-3)23-18(25)13-24-11-9-15(10-12-24)20-22-16-7-5-6-8-17(16)28-20/h5-8,14-15,19H,4,9-13H2,1-3H3,(H,23,25)/p+1/t14-,19-/m0/s1. The fourth-order valence-corrected chi connectivity index (χ4v) is 4.90. The van der Waals surface area contributed by atoms with E-state index in [1.807, 2.05) is 19.9 Å². The zero-order valence-corrected chi connectivity index (χ0v) is 17.7. The lowest BCUT2D eigenvalue weighted by molar-refractivity contribution is -0.897. The van der Waals surface area contributed by atoms with Crippen molar-refractivity contribution >= 4 is 33.4 Å². The SMILES string of the molecule is CC[C@H](C)[C@H](NC(=O)C[NH+]1CCC(c2nc3ccccc3s2)CC1)C(=O)OC. The molecule has 0 radical (unpaired) electrons. The van der Waals surface area contributed by atoms with Crippen molar-refractivity contribution in [2.75, 3.05) is 26.7 Å². The van der Waals surface area contributed by atoms with Crippen LogP contribution in [0, 0.1) is 5.92 Å². The van der Waals surface area contributed by atoms with Crippen molar-refractivity contribution < 1.29 is 19.2 Å². The van der Waals surface area contributed by atoms with Gasteiger partial charge in [-0.25, -0.2) is 9.78 Å². The maximum absolute atomic E-state index is 12.5. The van der Waals surface area contributed by atoms with Crippen LogP contribution >= 0.6 is 11.3 Å². The molecule has 1 aromatic carbocycles. The Balaban J connectivity index is 1.51. The van der Waals surface area contributed by atoms with Gasteiger partial charge in [0.1, 0.15) is 6.04 Å². The molecule has 1 saturated heterocycles. The number of ether oxygens (including phenoxy) is 1. The van der Waals surface area contributed by atoms with Crippen LogP contribution in [0.25, 0.3) is 10.2 Å². The topological polar surface area (TPSA) is 72.7 Å². The predicted octanol–water partition coefficient (Wildman–Crippen LogP) is 1.76. The number of aromatic nitrogens is 1. The molecular formula is C21H30N3O3S+. The van der Waals surface area contributed by atoms with Crippen molar-refractivity contribution in [3.63, 3.8) is 0 Å². The summed E-state index contributed by atoms with van der Waals surface area (Å²) in [5.74, 6) is 0.0831. The van der Waals surface area contributed by atoms with E-state index in [0.717, 1.165) is 37.9 Å². The highest BCUT2D eigenvalue weighted by Gasteiger charge is 2.30. The van der Waals surface area contributed by atoms with Gasteiger partial charge in [-0.1, -0.05) is 32.4 Å². The van der Waals surface area contributed by atoms with Crippen molar-refractivity contribution in [1.82, 2.24) is 10.3 Å². The summed E-state index contributed by atoms with van der Waals surface area (Å²) in [4.78, 5) is 30.5. The Morgan fingerprint density at radius 2 is 2.04 bits per heavy atom. The number of benzene rings is 1. The van der Waals surface area contributed by atoms with Crippen molar-refractivity contribution in [2.45, 2.75) is 45.1 Å². The summed E-state index contributed by atoms with van der Waals surface area (Å²) in [7, 11) is 1.36. The van der Waals surface area contributed by atoms with Crippen molar-refractivity contribution in [3.8, 4) is 0 Å². The van der Waals surface area contributed by atoms with Crippen LogP contribution in [0.4, 0.5) is 0 Å². The number of fused-ring (bicyclic) bond motifs is 1. The molecule has 0 bridgehead atoms. The van der Waals surface area contributed by atoms with Gasteiger partial charge in [0.05, 0.1) is 35.4 Å². The number of likely N-dealkylation sites (tertiary alicyclic amines) is 1. The second-order valence-corrected chi connectivity index (χ2v) is 8.74. The summed E-state index contributed by atoms with van der Waals surface area (Å²) in [5.41, 5.74) is 1.08. The van der Waals surface area contributed by atoms with Gasteiger partial charge in [0.2, 0.25) is 0 Å². The van der Waals surface area contributed by atoms with E-state index in [2.05, 4.69) is 23.5 Å². The van der Waals surface area contributed by atoms with Crippen LogP contribution in [0.2, 0.25) is 0 Å². The molecule has 1 aromatic heterocycles. The Kier molecular flexibility index (Phi) is 7.02. The first-order valence-corrected chi connectivity index (χ1v) is 10.9. The molecule has 0 spiro atoms. The number of methoxy groups -OCH3 is 1. The van der Waals surface area contributed by atoms with E-state index < -0.39 is 6.04 Å². The number of hydrogen-bond donors (Lipinski definition) is 2. The van der Waals surface area contributed by atoms with Crippen LogP contribution in [0.3, 0.4) is 0 Å². The number of carbonyl (C=O) groups excluding carboxylic acids is 2. The van der Waals surface area contributed by atoms with E-state index in [9.17, 15) is 9.59 Å². The molecule has 2 N–H and O–H groups in total. The van der Waals surface area contributed by atoms with Crippen LogP contribution in [0.1, 0.15) is 44.0 Å². The number of piperidine rings is 1. The van der Waals surface area contributed by atoms with E-state index in [1.54, 1.807) is 11.3 Å². The molecule has 152 valence electrons. The number of para-hydroxylation sites is 1. The van der Waals surface area contributed by atoms with Gasteiger partial charge in [-0.3, -0.25) is 4.79 Å². The maximum Gasteiger partial charge on any atom is 0.328 e. The zero-order valence-electron chi connectivity index (χ0n) is 16.9. The molecule has 0 aliphatic carbocycles. The number of rotatable bonds is 7. The fourth-order valence-electron chi connectivity index (χ4n) is 3.76. The molecule has 2 aromatic rings. The van der Waals surface area contributed by atoms with Crippen LogP contribution < -0.4 is 10.2 Å². The Morgan fingerprint density at radius 1 is 1.32 bits per heavy atom. The number of nitrogens with one attached hydrogen (secondary N) is 2. The largest absolute Gasteiger partial charge is 0.467 e. The number of carbonyl (C=O) groups is 2. The third-order valence-corrected chi connectivity index (χ3v) is 6.95. The molecule has 1 fully saturated rings. The van der Waals surface area contributed by atoms with Gasteiger partial charge >= 0.3 is 5.97 Å². The molecule has 3 rings (SSSR count). The van der Waals surface area contributed by atoms with E-state index in [4.69, 9.17) is 9.72 Å². The van der Waals surface area contributed by atoms with Gasteiger partial charge in [-0.2, -0.15) is 0 Å². The van der Waals surface area contributed by atoms with Crippen molar-refractivity contribution in [1.29, 1.82) is 0 Å². The summed E-state index contributed by atoms with van der Waals surface area (Å²) in [6.07, 6.45) is 2.88. The highest BCUT2D eigenvalue weighted by molar-refractivity contribution is 7.18. The van der Waals surface area contributed by atoms with E-state index in [-0.39, 0.29) is 17.8 Å². The summed E-state index contributed by atoms with van der Waals surface area (Å²) >= 11 is 1.79. The van der Waals surface area contributed by atoms with Gasteiger partial charge in [-0.05, 0) is 18.1 Å². The van der Waals surface area contributed by atoms with E-state index >= 15 is 0 Å². The van der Waals surface area contributed by atoms with Gasteiger partial charge in [-0.15, -0.1) is 11.3 Å². The highest BCUT2D eigenvalue weighted by Crippen LogP contribution is 2.31. The quantitative estimate of drug-likeness (QED) is 0.690. The van der Waals surface area contributed by atoms with Crippen LogP contribution in [0.15, 0.2) is 24.3 Å². The van der Waals surface area contributed by atoms with Crippen LogP contribution in [0.5, 0.6) is 0 Å². The number of esters is 1. The molecule has 6 nitrogen and oxygen atoms in total. The second kappa shape index (κ2) is 9.47. The Bertz CT molecular complexity index is 781. The lowest BCUT2D eigenvalue weighted by Gasteiger charge is -2.29. The minimum absolute atomic E-state index is 0.0520. The minimum Gasteiger partial charge on any atom is -0.467 e. The molecule has 0 saturated carbocycles. The molecule has 1 amide bonds. The monoisotopic (exact) mass is 404 g/mol. The first-order valence-electron chi connectivity index (χ1n) is 10.1. The third kappa shape index (κ3) is 4.89. The number of quaternary nitrogens is 1. The lowest BCUT2D eigenvalue weighted by Crippen LogP contribution is -3.14. The first-order chi connectivity index (χ1) is 13.5. The van der Waals surface area contributed by atoms with E-state index in [0.29, 0.717) is 12.5 Å². The second-order valence-electron chi connectivity index (χ2n) is 7.67. The van der Waals surface area contributed by atoms with Crippen LogP contribution in [-0.4, -0.2) is 49.6 Å². The van der Waals surface area contributed by atoms with Crippen molar-refractivity contribution in [3.05, 3.63) is 29.3 Å². The van der Waals surface area contributed by atoms with Gasteiger partial charge in [0.25, 0.3) is 5.91 Å². The first kappa shape index (κ1) is 20.7. The summed E-state index contributed by atoms with van der Waals surface area (Å²) in [6, 6.07) is 7.70. The number of thiazole rings is 1. The molecule has 2 atom stereocenters. The summed E-state index contributed by atoms with van der Waals surface area (Å²) < 4.78 is 6.09. The highest BCUT2D eigenvalue weighted by atomic mass is 32.1. The number of hydrogen-bond acceptors (Lipinski definition) is 5. The average molecular weight is 405 g/mol. The summed E-state index contributed by atoms with van der Waals surface area (Å²) in [6.45, 7) is 6.25. The maximum atomic E-state index is 12.5. The summed E-state index contributed by atoms with van der Waals surface area (Å²) in [5, 5.41) is 4.10. The van der Waals surface area contributed by atoms with Crippen LogP contribution in [-0.2, 0) is 14.3 Å². The molecule has 1 aliphatic rings. The lowest BCUT2D eigenvalue weighted by atomic mass is 9.97. The number of nitrogens with zero attached hydrogens (tertiary/aromatic N) is 1. The van der Waals surface area contributed by atoms with Crippen molar-refractivity contribution in [2.24, 2.45) is 5.92 Å². The average Bonchev–Trinajstić information content (AvgIpc) is 3.15.